The van der Waals surface area contributed by atoms with Gasteiger partial charge in [0, 0.05) is 12.8 Å². The molecule has 20 heavy (non-hydrogen) atoms. The van der Waals surface area contributed by atoms with Gasteiger partial charge in [0.1, 0.15) is 0 Å². The zero-order valence-electron chi connectivity index (χ0n) is 11.1. The van der Waals surface area contributed by atoms with Crippen molar-refractivity contribution in [2.75, 3.05) is 18.2 Å². The molecule has 5 nitrogen and oxygen atoms in total. The second-order valence-electron chi connectivity index (χ2n) is 4.37. The van der Waals surface area contributed by atoms with Gasteiger partial charge in [0.25, 0.3) is 0 Å². The third-order valence-corrected chi connectivity index (χ3v) is 2.82. The van der Waals surface area contributed by atoms with Gasteiger partial charge in [-0.25, -0.2) is 4.79 Å². The molecule has 0 aromatic heterocycles. The van der Waals surface area contributed by atoms with Crippen LogP contribution < -0.4 is 11.1 Å². The minimum Gasteiger partial charge on any atom is -0.478 e. The predicted molar refractivity (Wildman–Crippen MR) is 78.3 cm³/mol. The summed E-state index contributed by atoms with van der Waals surface area (Å²) in [6, 6.07) is 12.3. The van der Waals surface area contributed by atoms with E-state index in [0.29, 0.717) is 18.0 Å². The maximum atomic E-state index is 10.8. The molecule has 2 aromatic carbocycles. The number of anilines is 3. The van der Waals surface area contributed by atoms with E-state index in [-0.39, 0.29) is 5.56 Å². The second-order valence-corrected chi connectivity index (χ2v) is 4.37. The summed E-state index contributed by atoms with van der Waals surface area (Å²) in [4.78, 5) is 10.8. The van der Waals surface area contributed by atoms with Crippen LogP contribution in [0.25, 0.3) is 0 Å². The van der Waals surface area contributed by atoms with Crippen LogP contribution in [-0.2, 0) is 11.3 Å². The minimum absolute atomic E-state index is 0.168. The van der Waals surface area contributed by atoms with Crippen LogP contribution >= 0.6 is 0 Å². The van der Waals surface area contributed by atoms with Gasteiger partial charge in [-0.1, -0.05) is 12.1 Å². The number of methoxy groups -OCH3 is 1. The van der Waals surface area contributed by atoms with Crippen LogP contribution in [0, 0.1) is 0 Å². The van der Waals surface area contributed by atoms with Crippen LogP contribution in [0.5, 0.6) is 0 Å². The summed E-state index contributed by atoms with van der Waals surface area (Å²) in [5.41, 5.74) is 8.99. The Labute approximate surface area is 117 Å². The number of nitrogen functional groups attached to an aromatic ring is 1. The highest BCUT2D eigenvalue weighted by atomic mass is 16.5. The van der Waals surface area contributed by atoms with Crippen molar-refractivity contribution in [2.45, 2.75) is 6.61 Å². The number of aromatic carboxylic acids is 1. The van der Waals surface area contributed by atoms with E-state index in [1.807, 2.05) is 24.3 Å². The smallest absolute Gasteiger partial charge is 0.335 e. The lowest BCUT2D eigenvalue weighted by Gasteiger charge is -2.11. The number of rotatable bonds is 5. The van der Waals surface area contributed by atoms with Crippen molar-refractivity contribution in [3.8, 4) is 0 Å². The minimum atomic E-state index is -0.995. The Morgan fingerprint density at radius 3 is 2.75 bits per heavy atom. The summed E-state index contributed by atoms with van der Waals surface area (Å²) in [6.45, 7) is 0.531. The van der Waals surface area contributed by atoms with Gasteiger partial charge in [0.2, 0.25) is 0 Å². The normalized spacial score (nSPS) is 10.2. The maximum Gasteiger partial charge on any atom is 0.335 e. The van der Waals surface area contributed by atoms with Gasteiger partial charge in [-0.2, -0.15) is 0 Å². The molecule has 0 atom stereocenters. The first kappa shape index (κ1) is 13.9. The number of hydrogen-bond acceptors (Lipinski definition) is 4. The van der Waals surface area contributed by atoms with Crippen LogP contribution in [0.15, 0.2) is 42.5 Å². The number of carbonyl (C=O) groups is 1. The molecule has 5 heteroatoms. The van der Waals surface area contributed by atoms with Gasteiger partial charge in [-0.05, 0) is 35.9 Å². The van der Waals surface area contributed by atoms with Crippen molar-refractivity contribution < 1.29 is 14.6 Å². The van der Waals surface area contributed by atoms with E-state index in [9.17, 15) is 4.79 Å². The molecule has 0 aliphatic rings. The number of nitrogens with one attached hydrogen (secondary N) is 1. The molecule has 0 saturated carbocycles. The van der Waals surface area contributed by atoms with E-state index in [1.54, 1.807) is 13.2 Å². The lowest BCUT2D eigenvalue weighted by atomic mass is 10.1. The van der Waals surface area contributed by atoms with Crippen molar-refractivity contribution in [3.63, 3.8) is 0 Å². The quantitative estimate of drug-likeness (QED) is 0.729. The third kappa shape index (κ3) is 3.27. The molecule has 104 valence electrons. The van der Waals surface area contributed by atoms with E-state index < -0.39 is 5.97 Å². The largest absolute Gasteiger partial charge is 0.478 e. The molecule has 0 saturated heterocycles. The van der Waals surface area contributed by atoms with Gasteiger partial charge in [0.15, 0.2) is 0 Å². The van der Waals surface area contributed by atoms with Crippen LogP contribution in [0.1, 0.15) is 15.9 Å². The predicted octanol–water partition coefficient (Wildman–Crippen LogP) is 2.86. The molecule has 4 N–H and O–H groups in total. The molecule has 0 unspecified atom stereocenters. The summed E-state index contributed by atoms with van der Waals surface area (Å²) in [5, 5.41) is 12.1. The average Bonchev–Trinajstić information content (AvgIpc) is 2.42. The molecular weight excluding hydrogens is 256 g/mol. The number of carboxylic acids is 1. The number of carboxylic acid groups (broad SMARTS) is 1. The fourth-order valence-corrected chi connectivity index (χ4v) is 1.87. The standard InChI is InChI=1S/C15H16N2O3/c1-20-9-10-3-2-4-12(7-10)17-14-6-5-11(15(18)19)8-13(14)16/h2-8,17H,9,16H2,1H3,(H,18,19). The summed E-state index contributed by atoms with van der Waals surface area (Å²) in [6.07, 6.45) is 0. The Kier molecular flexibility index (Phi) is 4.22. The van der Waals surface area contributed by atoms with Crippen molar-refractivity contribution >= 4 is 23.0 Å². The number of nitrogens with two attached hydrogens (primary N) is 1. The van der Waals surface area contributed by atoms with E-state index in [0.717, 1.165) is 11.3 Å². The van der Waals surface area contributed by atoms with E-state index in [1.165, 1.54) is 12.1 Å². The summed E-state index contributed by atoms with van der Waals surface area (Å²) in [5.74, 6) is -0.995. The highest BCUT2D eigenvalue weighted by molar-refractivity contribution is 5.90. The first-order valence-electron chi connectivity index (χ1n) is 6.08. The van der Waals surface area contributed by atoms with Crippen LogP contribution in [-0.4, -0.2) is 18.2 Å². The Morgan fingerprint density at radius 1 is 1.30 bits per heavy atom. The molecular formula is C15H16N2O3. The first-order valence-corrected chi connectivity index (χ1v) is 6.08. The highest BCUT2D eigenvalue weighted by Crippen LogP contribution is 2.24. The fraction of sp³-hybridized carbons (Fsp3) is 0.133. The number of ether oxygens (including phenoxy) is 1. The average molecular weight is 272 g/mol. The molecule has 0 bridgehead atoms. The number of benzene rings is 2. The van der Waals surface area contributed by atoms with Crippen LogP contribution in [0.3, 0.4) is 0 Å². The fourth-order valence-electron chi connectivity index (χ4n) is 1.87. The zero-order valence-corrected chi connectivity index (χ0v) is 11.1. The van der Waals surface area contributed by atoms with Gasteiger partial charge in [-0.15, -0.1) is 0 Å². The lowest BCUT2D eigenvalue weighted by Crippen LogP contribution is -2.01. The molecule has 0 amide bonds. The third-order valence-electron chi connectivity index (χ3n) is 2.82. The summed E-state index contributed by atoms with van der Waals surface area (Å²) in [7, 11) is 1.64. The summed E-state index contributed by atoms with van der Waals surface area (Å²) < 4.78 is 5.08. The maximum absolute atomic E-state index is 10.8. The van der Waals surface area contributed by atoms with Crippen molar-refractivity contribution in [2.24, 2.45) is 0 Å². The number of hydrogen-bond donors (Lipinski definition) is 3. The highest BCUT2D eigenvalue weighted by Gasteiger charge is 2.06. The van der Waals surface area contributed by atoms with Gasteiger partial charge in [0.05, 0.1) is 23.5 Å². The Balaban J connectivity index is 2.21. The molecule has 0 fully saturated rings. The SMILES string of the molecule is COCc1cccc(Nc2ccc(C(=O)O)cc2N)c1. The Hall–Kier alpha value is -2.53. The van der Waals surface area contributed by atoms with Gasteiger partial charge < -0.3 is 20.9 Å². The van der Waals surface area contributed by atoms with Crippen molar-refractivity contribution in [3.05, 3.63) is 53.6 Å². The van der Waals surface area contributed by atoms with Crippen LogP contribution in [0.2, 0.25) is 0 Å². The Bertz CT molecular complexity index is 626. The van der Waals surface area contributed by atoms with Crippen LogP contribution in [0.4, 0.5) is 17.1 Å². The lowest BCUT2D eigenvalue weighted by molar-refractivity contribution is 0.0697. The Morgan fingerprint density at radius 2 is 2.10 bits per heavy atom. The van der Waals surface area contributed by atoms with Gasteiger partial charge >= 0.3 is 5.97 Å². The summed E-state index contributed by atoms with van der Waals surface area (Å²) >= 11 is 0. The van der Waals surface area contributed by atoms with E-state index in [4.69, 9.17) is 15.6 Å². The monoisotopic (exact) mass is 272 g/mol. The van der Waals surface area contributed by atoms with Gasteiger partial charge in [-0.3, -0.25) is 0 Å². The molecule has 2 aromatic rings. The molecule has 0 radical (unpaired) electrons. The zero-order chi connectivity index (χ0) is 14.5. The van der Waals surface area contributed by atoms with E-state index >= 15 is 0 Å². The van der Waals surface area contributed by atoms with Crippen molar-refractivity contribution in [1.29, 1.82) is 0 Å². The molecule has 0 heterocycles. The topological polar surface area (TPSA) is 84.6 Å². The molecule has 0 aliphatic carbocycles. The van der Waals surface area contributed by atoms with Crippen molar-refractivity contribution in [1.82, 2.24) is 0 Å². The van der Waals surface area contributed by atoms with E-state index in [2.05, 4.69) is 5.32 Å². The second kappa shape index (κ2) is 6.08. The molecule has 0 spiro atoms. The molecule has 2 rings (SSSR count). The molecule has 0 aliphatic heterocycles. The first-order chi connectivity index (χ1) is 9.60.